The van der Waals surface area contributed by atoms with Crippen LogP contribution >= 0.6 is 35.0 Å². The van der Waals surface area contributed by atoms with Crippen LogP contribution < -0.4 is 5.32 Å². The Hall–Kier alpha value is -0.493. The Morgan fingerprint density at radius 2 is 1.72 bits per heavy atom. The second-order valence-electron chi connectivity index (χ2n) is 10.3. The maximum absolute atomic E-state index is 6.80. The van der Waals surface area contributed by atoms with Crippen LogP contribution in [0.25, 0.3) is 0 Å². The van der Waals surface area contributed by atoms with Crippen LogP contribution in [0.5, 0.6) is 0 Å². The van der Waals surface area contributed by atoms with Crippen LogP contribution in [0.3, 0.4) is 0 Å². The van der Waals surface area contributed by atoms with Crippen molar-refractivity contribution < 1.29 is 4.43 Å². The normalized spacial score (nSPS) is 21.5. The summed E-state index contributed by atoms with van der Waals surface area (Å²) >= 11 is 14.8. The highest BCUT2D eigenvalue weighted by Gasteiger charge is 2.34. The topological polar surface area (TPSA) is 21.3 Å². The molecule has 0 spiro atoms. The van der Waals surface area contributed by atoms with Crippen LogP contribution in [-0.2, 0) is 4.43 Å². The molecule has 4 atom stereocenters. The lowest BCUT2D eigenvalue weighted by Gasteiger charge is -2.35. The van der Waals surface area contributed by atoms with Crippen LogP contribution in [0.4, 0.5) is 0 Å². The summed E-state index contributed by atoms with van der Waals surface area (Å²) in [5.74, 6) is 0. The van der Waals surface area contributed by atoms with E-state index in [4.69, 9.17) is 27.6 Å². The molecular formula is C26H37Cl2NOSSi. The fraction of sp³-hybridized carbons (Fsp3) is 0.538. The van der Waals surface area contributed by atoms with Gasteiger partial charge in [0.05, 0.1) is 12.1 Å². The maximum Gasteiger partial charge on any atom is 0.167 e. The molecule has 0 aromatic heterocycles. The number of benzene rings is 2. The first kappa shape index (κ1) is 26.1. The van der Waals surface area contributed by atoms with E-state index < -0.39 is 9.76 Å². The van der Waals surface area contributed by atoms with E-state index in [0.29, 0.717) is 16.5 Å². The molecule has 1 N–H and O–H groups in total. The molecule has 2 aromatic rings. The summed E-state index contributed by atoms with van der Waals surface area (Å²) < 4.78 is 6.80. The highest BCUT2D eigenvalue weighted by Crippen LogP contribution is 2.39. The zero-order valence-electron chi connectivity index (χ0n) is 19.9. The van der Waals surface area contributed by atoms with Gasteiger partial charge >= 0.3 is 0 Å². The Kier molecular flexibility index (Phi) is 9.61. The monoisotopic (exact) mass is 509 g/mol. The average molecular weight is 511 g/mol. The zero-order valence-corrected chi connectivity index (χ0v) is 23.6. The second-order valence-corrected chi connectivity index (χ2v) is 15.7. The van der Waals surface area contributed by atoms with E-state index in [1.165, 1.54) is 24.8 Å². The number of hydrogen-bond acceptors (Lipinski definition) is 3. The van der Waals surface area contributed by atoms with Gasteiger partial charge in [0.1, 0.15) is 0 Å². The first-order chi connectivity index (χ1) is 15.1. The minimum atomic E-state index is -0.786. The van der Waals surface area contributed by atoms with Gasteiger partial charge in [0, 0.05) is 21.3 Å². The standard InChI is InChI=1S/C26H37Cl2NOSSi/c1-17(2)31-23-11-7-10-22(23)29-24(18-12-14-20(27)15-13-18)25(30-32-26(3,4)5)19-8-6-9-21(28)16-19/h6,8-9,12-17,22-25,29H,7,10-11,32H2,1-5H3/t22-,23-,24+,25+/m0/s1. The van der Waals surface area contributed by atoms with E-state index in [-0.39, 0.29) is 17.2 Å². The van der Waals surface area contributed by atoms with Gasteiger partial charge in [-0.2, -0.15) is 11.8 Å². The van der Waals surface area contributed by atoms with Crippen LogP contribution in [-0.4, -0.2) is 26.3 Å². The van der Waals surface area contributed by atoms with Gasteiger partial charge in [0.2, 0.25) is 0 Å². The van der Waals surface area contributed by atoms with Gasteiger partial charge < -0.3 is 9.74 Å². The van der Waals surface area contributed by atoms with Crippen molar-refractivity contribution in [1.82, 2.24) is 5.32 Å². The van der Waals surface area contributed by atoms with Gasteiger partial charge in [-0.15, -0.1) is 0 Å². The molecule has 0 amide bonds. The first-order valence-corrected chi connectivity index (χ1v) is 14.6. The fourth-order valence-electron chi connectivity index (χ4n) is 4.30. The Labute approximate surface area is 211 Å². The molecule has 2 aromatic carbocycles. The van der Waals surface area contributed by atoms with Crippen molar-refractivity contribution in [3.8, 4) is 0 Å². The number of nitrogens with one attached hydrogen (secondary N) is 1. The lowest BCUT2D eigenvalue weighted by atomic mass is 9.94. The third-order valence-corrected chi connectivity index (χ3v) is 9.04. The predicted molar refractivity (Wildman–Crippen MR) is 145 cm³/mol. The first-order valence-electron chi connectivity index (χ1n) is 11.7. The molecule has 32 heavy (non-hydrogen) atoms. The van der Waals surface area contributed by atoms with Gasteiger partial charge in [-0.05, 0) is 58.5 Å². The summed E-state index contributed by atoms with van der Waals surface area (Å²) in [5.41, 5.74) is 2.34. The van der Waals surface area contributed by atoms with Gasteiger partial charge in [-0.1, -0.05) is 88.5 Å². The molecule has 1 saturated carbocycles. The van der Waals surface area contributed by atoms with Crippen molar-refractivity contribution >= 4 is 44.7 Å². The molecule has 0 heterocycles. The van der Waals surface area contributed by atoms with Crippen molar-refractivity contribution in [3.05, 3.63) is 69.7 Å². The number of halogens is 2. The molecule has 176 valence electrons. The molecule has 1 fully saturated rings. The number of rotatable bonds is 9. The number of hydrogen-bond donors (Lipinski definition) is 1. The van der Waals surface area contributed by atoms with Crippen molar-refractivity contribution in [2.45, 2.75) is 87.6 Å². The SMILES string of the molecule is CC(C)S[C@H]1CCC[C@@H]1N[C@H](c1ccc(Cl)cc1)[C@H](O[SiH2]C(C)(C)C)c1cccc(Cl)c1. The van der Waals surface area contributed by atoms with Crippen molar-refractivity contribution in [2.75, 3.05) is 0 Å². The summed E-state index contributed by atoms with van der Waals surface area (Å²) in [6.45, 7) is 11.4. The van der Waals surface area contributed by atoms with Crippen LogP contribution in [0.2, 0.25) is 15.1 Å². The predicted octanol–water partition coefficient (Wildman–Crippen LogP) is 7.75. The Bertz CT molecular complexity index is 856. The molecule has 3 rings (SSSR count). The molecule has 2 nitrogen and oxygen atoms in total. The van der Waals surface area contributed by atoms with Gasteiger partial charge in [-0.25, -0.2) is 0 Å². The molecule has 1 aliphatic carbocycles. The van der Waals surface area contributed by atoms with Crippen LogP contribution in [0.1, 0.15) is 77.2 Å². The third kappa shape index (κ3) is 7.78. The van der Waals surface area contributed by atoms with Crippen molar-refractivity contribution in [1.29, 1.82) is 0 Å². The lowest BCUT2D eigenvalue weighted by Crippen LogP contribution is -2.41. The van der Waals surface area contributed by atoms with E-state index in [9.17, 15) is 0 Å². The lowest BCUT2D eigenvalue weighted by molar-refractivity contribution is 0.148. The van der Waals surface area contributed by atoms with Crippen LogP contribution in [0, 0.1) is 0 Å². The van der Waals surface area contributed by atoms with Gasteiger partial charge in [0.15, 0.2) is 9.76 Å². The smallest absolute Gasteiger partial charge is 0.167 e. The molecule has 0 saturated heterocycles. The molecule has 6 heteroatoms. The second kappa shape index (κ2) is 11.8. The minimum Gasteiger partial charge on any atom is -0.415 e. The minimum absolute atomic E-state index is 0.0407. The molecule has 0 bridgehead atoms. The quantitative estimate of drug-likeness (QED) is 0.349. The Morgan fingerprint density at radius 3 is 2.34 bits per heavy atom. The van der Waals surface area contributed by atoms with Crippen molar-refractivity contribution in [2.24, 2.45) is 0 Å². The Morgan fingerprint density at radius 1 is 1.00 bits per heavy atom. The van der Waals surface area contributed by atoms with Gasteiger partial charge in [-0.3, -0.25) is 0 Å². The van der Waals surface area contributed by atoms with Crippen molar-refractivity contribution in [3.63, 3.8) is 0 Å². The molecule has 0 radical (unpaired) electrons. The molecule has 0 aliphatic heterocycles. The summed E-state index contributed by atoms with van der Waals surface area (Å²) in [6, 6.07) is 16.9. The van der Waals surface area contributed by atoms with E-state index in [1.54, 1.807) is 0 Å². The molecule has 1 aliphatic rings. The average Bonchev–Trinajstić information content (AvgIpc) is 3.13. The molecule has 0 unspecified atom stereocenters. The highest BCUT2D eigenvalue weighted by atomic mass is 35.5. The fourth-order valence-corrected chi connectivity index (χ4v) is 7.09. The summed E-state index contributed by atoms with van der Waals surface area (Å²) in [7, 11) is -0.786. The summed E-state index contributed by atoms with van der Waals surface area (Å²) in [4.78, 5) is 0. The largest absolute Gasteiger partial charge is 0.415 e. The Balaban J connectivity index is 1.97. The van der Waals surface area contributed by atoms with E-state index in [2.05, 4.69) is 76.0 Å². The summed E-state index contributed by atoms with van der Waals surface area (Å²) in [6.07, 6.45) is 3.65. The number of thioether (sulfide) groups is 1. The maximum atomic E-state index is 6.80. The van der Waals surface area contributed by atoms with E-state index in [0.717, 1.165) is 15.6 Å². The third-order valence-electron chi connectivity index (χ3n) is 5.70. The van der Waals surface area contributed by atoms with E-state index >= 15 is 0 Å². The molecular weight excluding hydrogens is 473 g/mol. The summed E-state index contributed by atoms with van der Waals surface area (Å²) in [5, 5.41) is 7.01. The highest BCUT2D eigenvalue weighted by molar-refractivity contribution is 8.00. The van der Waals surface area contributed by atoms with Gasteiger partial charge in [0.25, 0.3) is 0 Å². The van der Waals surface area contributed by atoms with E-state index in [1.807, 2.05) is 24.3 Å². The van der Waals surface area contributed by atoms with Crippen LogP contribution in [0.15, 0.2) is 48.5 Å². The zero-order chi connectivity index (χ0) is 23.3.